The fraction of sp³-hybridized carbons (Fsp3) is 0.867. The molecule has 0 spiro atoms. The van der Waals surface area contributed by atoms with Gasteiger partial charge in [-0.05, 0) is 31.1 Å². The first-order valence-electron chi connectivity index (χ1n) is 7.32. The molecule has 0 aromatic carbocycles. The molecule has 0 bridgehead atoms. The minimum absolute atomic E-state index is 0.106. The van der Waals surface area contributed by atoms with E-state index in [1.165, 1.54) is 7.11 Å². The van der Waals surface area contributed by atoms with E-state index in [0.29, 0.717) is 6.54 Å². The Hall–Kier alpha value is -1.06. The first-order chi connectivity index (χ1) is 8.95. The Morgan fingerprint density at radius 3 is 2.53 bits per heavy atom. The lowest BCUT2D eigenvalue weighted by atomic mass is 9.80. The van der Waals surface area contributed by atoms with Crippen LogP contribution in [0.4, 0.5) is 0 Å². The van der Waals surface area contributed by atoms with Gasteiger partial charge in [-0.25, -0.2) is 0 Å². The van der Waals surface area contributed by atoms with Crippen LogP contribution in [0, 0.1) is 17.3 Å². The lowest BCUT2D eigenvalue weighted by molar-refractivity contribution is -0.150. The van der Waals surface area contributed by atoms with Gasteiger partial charge < -0.3 is 9.64 Å². The van der Waals surface area contributed by atoms with Gasteiger partial charge in [-0.3, -0.25) is 9.59 Å². The van der Waals surface area contributed by atoms with Gasteiger partial charge in [-0.2, -0.15) is 0 Å². The summed E-state index contributed by atoms with van der Waals surface area (Å²) in [5.41, 5.74) is 0.106. The van der Waals surface area contributed by atoms with Crippen molar-refractivity contribution in [3.8, 4) is 0 Å². The SMILES string of the molecule is COC(=O)C1CCCN(C(=O)C2CCCC2(C)C)C1. The Morgan fingerprint density at radius 2 is 1.95 bits per heavy atom. The lowest BCUT2D eigenvalue weighted by Gasteiger charge is -2.36. The van der Waals surface area contributed by atoms with Gasteiger partial charge in [0.05, 0.1) is 13.0 Å². The third kappa shape index (κ3) is 2.93. The van der Waals surface area contributed by atoms with Gasteiger partial charge in [-0.1, -0.05) is 20.3 Å². The summed E-state index contributed by atoms with van der Waals surface area (Å²) in [5, 5.41) is 0. The maximum absolute atomic E-state index is 12.6. The molecule has 2 fully saturated rings. The number of hydrogen-bond acceptors (Lipinski definition) is 3. The third-order valence-corrected chi connectivity index (χ3v) is 4.82. The number of ether oxygens (including phenoxy) is 1. The number of amides is 1. The molecule has 4 heteroatoms. The maximum atomic E-state index is 12.6. The van der Waals surface area contributed by atoms with Crippen molar-refractivity contribution in [3.05, 3.63) is 0 Å². The van der Waals surface area contributed by atoms with Crippen molar-refractivity contribution in [2.75, 3.05) is 20.2 Å². The minimum Gasteiger partial charge on any atom is -0.469 e. The first kappa shape index (κ1) is 14.4. The molecule has 1 saturated heterocycles. The molecule has 1 aliphatic heterocycles. The zero-order chi connectivity index (χ0) is 14.0. The molecular weight excluding hydrogens is 242 g/mol. The van der Waals surface area contributed by atoms with Gasteiger partial charge in [-0.15, -0.1) is 0 Å². The van der Waals surface area contributed by atoms with E-state index in [4.69, 9.17) is 4.74 Å². The number of rotatable bonds is 2. The Balaban J connectivity index is 2.01. The Kier molecular flexibility index (Phi) is 4.16. The van der Waals surface area contributed by atoms with Crippen molar-refractivity contribution in [2.45, 2.75) is 46.0 Å². The number of likely N-dealkylation sites (tertiary alicyclic amines) is 1. The number of methoxy groups -OCH3 is 1. The highest BCUT2D eigenvalue weighted by molar-refractivity contribution is 5.81. The second-order valence-corrected chi connectivity index (χ2v) is 6.58. The van der Waals surface area contributed by atoms with E-state index >= 15 is 0 Å². The number of nitrogens with zero attached hydrogens (tertiary/aromatic N) is 1. The summed E-state index contributed by atoms with van der Waals surface area (Å²) in [6.45, 7) is 5.70. The Labute approximate surface area is 115 Å². The van der Waals surface area contributed by atoms with Crippen LogP contribution in [0.3, 0.4) is 0 Å². The fourth-order valence-electron chi connectivity index (χ4n) is 3.54. The molecule has 1 saturated carbocycles. The van der Waals surface area contributed by atoms with Crippen LogP contribution in [-0.4, -0.2) is 37.0 Å². The molecule has 108 valence electrons. The Bertz CT molecular complexity index is 364. The smallest absolute Gasteiger partial charge is 0.310 e. The van der Waals surface area contributed by atoms with E-state index in [-0.39, 0.29) is 29.1 Å². The number of carbonyl (C=O) groups excluding carboxylic acids is 2. The molecule has 1 aliphatic carbocycles. The van der Waals surface area contributed by atoms with Crippen LogP contribution >= 0.6 is 0 Å². The number of esters is 1. The normalized spacial score (nSPS) is 30.2. The zero-order valence-corrected chi connectivity index (χ0v) is 12.3. The molecule has 0 aromatic rings. The molecule has 2 aliphatic rings. The van der Waals surface area contributed by atoms with Crippen LogP contribution < -0.4 is 0 Å². The van der Waals surface area contributed by atoms with E-state index in [2.05, 4.69) is 13.8 Å². The van der Waals surface area contributed by atoms with Gasteiger partial charge in [0.25, 0.3) is 0 Å². The van der Waals surface area contributed by atoms with Crippen LogP contribution in [0.1, 0.15) is 46.0 Å². The van der Waals surface area contributed by atoms with E-state index in [1.807, 2.05) is 4.90 Å². The van der Waals surface area contributed by atoms with Crippen LogP contribution in [0.15, 0.2) is 0 Å². The fourth-order valence-corrected chi connectivity index (χ4v) is 3.54. The molecule has 19 heavy (non-hydrogen) atoms. The van der Waals surface area contributed by atoms with Crippen molar-refractivity contribution < 1.29 is 14.3 Å². The molecule has 0 N–H and O–H groups in total. The Morgan fingerprint density at radius 1 is 1.21 bits per heavy atom. The van der Waals surface area contributed by atoms with Crippen LogP contribution in [0.2, 0.25) is 0 Å². The summed E-state index contributed by atoms with van der Waals surface area (Å²) < 4.78 is 4.81. The topological polar surface area (TPSA) is 46.6 Å². The molecule has 2 rings (SSSR count). The molecule has 1 heterocycles. The summed E-state index contributed by atoms with van der Waals surface area (Å²) in [6, 6.07) is 0. The van der Waals surface area contributed by atoms with Crippen molar-refractivity contribution in [2.24, 2.45) is 17.3 Å². The van der Waals surface area contributed by atoms with E-state index in [0.717, 1.165) is 38.6 Å². The quantitative estimate of drug-likeness (QED) is 0.721. The summed E-state index contributed by atoms with van der Waals surface area (Å²) in [5.74, 6) is 0.0652. The highest BCUT2D eigenvalue weighted by atomic mass is 16.5. The predicted molar refractivity (Wildman–Crippen MR) is 72.4 cm³/mol. The minimum atomic E-state index is -0.178. The van der Waals surface area contributed by atoms with Crippen LogP contribution in [0.25, 0.3) is 0 Å². The zero-order valence-electron chi connectivity index (χ0n) is 12.3. The van der Waals surface area contributed by atoms with Gasteiger partial charge in [0.1, 0.15) is 0 Å². The van der Waals surface area contributed by atoms with Crippen LogP contribution in [-0.2, 0) is 14.3 Å². The van der Waals surface area contributed by atoms with Crippen molar-refractivity contribution in [1.29, 1.82) is 0 Å². The highest BCUT2D eigenvalue weighted by Crippen LogP contribution is 2.43. The first-order valence-corrected chi connectivity index (χ1v) is 7.32. The second kappa shape index (κ2) is 5.51. The molecule has 1 amide bonds. The summed E-state index contributed by atoms with van der Waals surface area (Å²) in [7, 11) is 1.42. The molecule has 4 nitrogen and oxygen atoms in total. The average Bonchev–Trinajstić information content (AvgIpc) is 2.76. The third-order valence-electron chi connectivity index (χ3n) is 4.82. The number of hydrogen-bond donors (Lipinski definition) is 0. The number of carbonyl (C=O) groups is 2. The van der Waals surface area contributed by atoms with E-state index in [9.17, 15) is 9.59 Å². The van der Waals surface area contributed by atoms with Crippen molar-refractivity contribution >= 4 is 11.9 Å². The molecular formula is C15H25NO3. The predicted octanol–water partition coefficient (Wildman–Crippen LogP) is 2.22. The highest BCUT2D eigenvalue weighted by Gasteiger charge is 2.42. The summed E-state index contributed by atoms with van der Waals surface area (Å²) in [4.78, 5) is 26.2. The largest absolute Gasteiger partial charge is 0.469 e. The van der Waals surface area contributed by atoms with E-state index < -0.39 is 0 Å². The lowest BCUT2D eigenvalue weighted by Crippen LogP contribution is -2.46. The van der Waals surface area contributed by atoms with Gasteiger partial charge >= 0.3 is 5.97 Å². The van der Waals surface area contributed by atoms with Crippen molar-refractivity contribution in [1.82, 2.24) is 4.90 Å². The summed E-state index contributed by atoms with van der Waals surface area (Å²) >= 11 is 0. The van der Waals surface area contributed by atoms with Crippen molar-refractivity contribution in [3.63, 3.8) is 0 Å². The molecule has 0 radical (unpaired) electrons. The van der Waals surface area contributed by atoms with Gasteiger partial charge in [0.2, 0.25) is 5.91 Å². The summed E-state index contributed by atoms with van der Waals surface area (Å²) in [6.07, 6.45) is 4.99. The van der Waals surface area contributed by atoms with Crippen LogP contribution in [0.5, 0.6) is 0 Å². The average molecular weight is 267 g/mol. The van der Waals surface area contributed by atoms with E-state index in [1.54, 1.807) is 0 Å². The second-order valence-electron chi connectivity index (χ2n) is 6.58. The standard InChI is InChI=1S/C15H25NO3/c1-15(2)8-4-7-12(15)13(17)16-9-5-6-11(10-16)14(18)19-3/h11-12H,4-10H2,1-3H3. The maximum Gasteiger partial charge on any atom is 0.310 e. The molecule has 2 unspecified atom stereocenters. The number of piperidine rings is 1. The molecule has 2 atom stereocenters. The van der Waals surface area contributed by atoms with Gasteiger partial charge in [0.15, 0.2) is 0 Å². The molecule has 0 aromatic heterocycles. The monoisotopic (exact) mass is 267 g/mol. The van der Waals surface area contributed by atoms with Gasteiger partial charge in [0, 0.05) is 19.0 Å².